The van der Waals surface area contributed by atoms with E-state index in [1.54, 1.807) is 31.0 Å². The van der Waals surface area contributed by atoms with E-state index in [0.717, 1.165) is 32.1 Å². The summed E-state index contributed by atoms with van der Waals surface area (Å²) in [6.07, 6.45) is 8.12. The molecule has 2 N–H and O–H groups in total. The Hall–Kier alpha value is -1.40. The van der Waals surface area contributed by atoms with Crippen LogP contribution in [0, 0.1) is 5.41 Å². The van der Waals surface area contributed by atoms with E-state index in [-0.39, 0.29) is 17.9 Å². The highest BCUT2D eigenvalue weighted by molar-refractivity contribution is 5.83. The first-order chi connectivity index (χ1) is 10.9. The van der Waals surface area contributed by atoms with Gasteiger partial charge in [-0.25, -0.2) is 0 Å². The van der Waals surface area contributed by atoms with Gasteiger partial charge in [-0.3, -0.25) is 9.48 Å². The number of aromatic nitrogens is 2. The third kappa shape index (κ3) is 4.32. The Morgan fingerprint density at radius 3 is 2.78 bits per heavy atom. The van der Waals surface area contributed by atoms with Crippen LogP contribution in [0.15, 0.2) is 12.4 Å². The number of aliphatic hydroxyl groups is 1. The summed E-state index contributed by atoms with van der Waals surface area (Å²) in [7, 11) is 1.80. The Bertz CT molecular complexity index is 519. The predicted molar refractivity (Wildman–Crippen MR) is 87.8 cm³/mol. The van der Waals surface area contributed by atoms with E-state index in [1.165, 1.54) is 0 Å². The number of ether oxygens (including phenoxy) is 1. The second kappa shape index (κ2) is 7.45. The summed E-state index contributed by atoms with van der Waals surface area (Å²) in [4.78, 5) is 12.7. The second-order valence-corrected chi connectivity index (χ2v) is 6.79. The largest absolute Gasteiger partial charge is 0.383 e. The summed E-state index contributed by atoms with van der Waals surface area (Å²) in [5, 5.41) is 17.6. The molecule has 0 bridgehead atoms. The van der Waals surface area contributed by atoms with Gasteiger partial charge in [0.2, 0.25) is 5.91 Å². The lowest BCUT2D eigenvalue weighted by Crippen LogP contribution is -2.45. The molecule has 1 amide bonds. The average Bonchev–Trinajstić information content (AvgIpc) is 3.15. The lowest BCUT2D eigenvalue weighted by molar-refractivity contribution is -0.133. The Morgan fingerprint density at radius 1 is 1.52 bits per heavy atom. The maximum absolute atomic E-state index is 12.7. The predicted octanol–water partition coefficient (Wildman–Crippen LogP) is 1.73. The van der Waals surface area contributed by atoms with Gasteiger partial charge in [0.05, 0.1) is 18.2 Å². The molecule has 1 aliphatic carbocycles. The van der Waals surface area contributed by atoms with Gasteiger partial charge in [-0.05, 0) is 33.1 Å². The van der Waals surface area contributed by atoms with Gasteiger partial charge in [-0.2, -0.15) is 5.10 Å². The topological polar surface area (TPSA) is 76.4 Å². The molecule has 130 valence electrons. The molecule has 1 unspecified atom stereocenters. The van der Waals surface area contributed by atoms with Gasteiger partial charge in [0.15, 0.2) is 0 Å². The molecular weight excluding hydrogens is 294 g/mol. The van der Waals surface area contributed by atoms with Crippen molar-refractivity contribution in [3.8, 4) is 0 Å². The lowest BCUT2D eigenvalue weighted by atomic mass is 9.81. The van der Waals surface area contributed by atoms with Crippen LogP contribution in [0.4, 0.5) is 0 Å². The van der Waals surface area contributed by atoms with Crippen molar-refractivity contribution in [1.82, 2.24) is 15.1 Å². The van der Waals surface area contributed by atoms with Crippen LogP contribution in [0.2, 0.25) is 0 Å². The molecule has 1 heterocycles. The van der Waals surface area contributed by atoms with Crippen LogP contribution in [0.25, 0.3) is 0 Å². The summed E-state index contributed by atoms with van der Waals surface area (Å²) in [6, 6.07) is 0. The summed E-state index contributed by atoms with van der Waals surface area (Å²) in [5.41, 5.74) is -0.751. The number of carbonyl (C=O) groups excluding carboxylic acids is 1. The minimum atomic E-state index is -1.12. The van der Waals surface area contributed by atoms with Crippen LogP contribution in [0.1, 0.15) is 51.5 Å². The number of aryl methyl sites for hydroxylation is 1. The van der Waals surface area contributed by atoms with Gasteiger partial charge in [-0.15, -0.1) is 0 Å². The van der Waals surface area contributed by atoms with Crippen molar-refractivity contribution in [2.75, 3.05) is 19.8 Å². The zero-order valence-electron chi connectivity index (χ0n) is 14.5. The monoisotopic (exact) mass is 323 g/mol. The van der Waals surface area contributed by atoms with Crippen molar-refractivity contribution >= 4 is 5.91 Å². The molecule has 6 nitrogen and oxygen atoms in total. The highest BCUT2D eigenvalue weighted by Gasteiger charge is 2.41. The fraction of sp³-hybridized carbons (Fsp3) is 0.765. The van der Waals surface area contributed by atoms with E-state index in [4.69, 9.17) is 4.74 Å². The van der Waals surface area contributed by atoms with E-state index >= 15 is 0 Å². The maximum Gasteiger partial charge on any atom is 0.226 e. The molecule has 1 aromatic heterocycles. The zero-order valence-corrected chi connectivity index (χ0v) is 14.5. The molecule has 6 heteroatoms. The molecule has 23 heavy (non-hydrogen) atoms. The highest BCUT2D eigenvalue weighted by atomic mass is 16.5. The molecule has 1 atom stereocenters. The van der Waals surface area contributed by atoms with Gasteiger partial charge in [0.25, 0.3) is 0 Å². The molecule has 0 radical (unpaired) electrons. The Balaban J connectivity index is 1.96. The molecule has 0 aromatic carbocycles. The molecule has 0 spiro atoms. The number of carbonyl (C=O) groups is 1. The summed E-state index contributed by atoms with van der Waals surface area (Å²) in [5.74, 6) is 0.0406. The van der Waals surface area contributed by atoms with Gasteiger partial charge >= 0.3 is 0 Å². The third-order valence-corrected chi connectivity index (χ3v) is 4.89. The first-order valence-electron chi connectivity index (χ1n) is 8.47. The first-order valence-corrected chi connectivity index (χ1v) is 8.47. The van der Waals surface area contributed by atoms with Crippen molar-refractivity contribution < 1.29 is 14.6 Å². The number of amides is 1. The number of hydrogen-bond donors (Lipinski definition) is 2. The second-order valence-electron chi connectivity index (χ2n) is 6.79. The van der Waals surface area contributed by atoms with Gasteiger partial charge in [0.1, 0.15) is 5.60 Å². The number of rotatable bonds is 8. The third-order valence-electron chi connectivity index (χ3n) is 4.89. The fourth-order valence-corrected chi connectivity index (χ4v) is 3.30. The number of nitrogens with one attached hydrogen (secondary N) is 1. The minimum Gasteiger partial charge on any atom is -0.383 e. The van der Waals surface area contributed by atoms with E-state index in [1.807, 2.05) is 6.92 Å². The molecular formula is C17H29N3O3. The van der Waals surface area contributed by atoms with Crippen LogP contribution in [0.3, 0.4) is 0 Å². The Labute approximate surface area is 138 Å². The van der Waals surface area contributed by atoms with Crippen LogP contribution in [-0.2, 0) is 22.2 Å². The summed E-state index contributed by atoms with van der Waals surface area (Å²) in [6.45, 7) is 5.14. The minimum absolute atomic E-state index is 0.0406. The van der Waals surface area contributed by atoms with Crippen molar-refractivity contribution in [3.63, 3.8) is 0 Å². The molecule has 1 aromatic rings. The zero-order chi connectivity index (χ0) is 16.9. The number of nitrogens with zero attached hydrogens (tertiary/aromatic N) is 2. The average molecular weight is 323 g/mol. The highest BCUT2D eigenvalue weighted by Crippen LogP contribution is 2.41. The van der Waals surface area contributed by atoms with Gasteiger partial charge in [0, 0.05) is 32.0 Å². The first kappa shape index (κ1) is 17.9. The van der Waals surface area contributed by atoms with E-state index < -0.39 is 5.60 Å². The molecule has 1 fully saturated rings. The van der Waals surface area contributed by atoms with E-state index in [9.17, 15) is 9.90 Å². The standard InChI is InChI=1S/C17H29N3O3/c1-4-23-10-9-17(7-5-6-8-17)15(21)18-13-16(2,22)14-11-19-20(3)12-14/h11-12,22H,4-10,13H2,1-3H3,(H,18,21). The Morgan fingerprint density at radius 2 is 2.22 bits per heavy atom. The maximum atomic E-state index is 12.7. The molecule has 0 saturated heterocycles. The molecule has 0 aliphatic heterocycles. The SMILES string of the molecule is CCOCCC1(C(=O)NCC(C)(O)c2cnn(C)c2)CCCC1. The van der Waals surface area contributed by atoms with Gasteiger partial charge < -0.3 is 15.2 Å². The van der Waals surface area contributed by atoms with E-state index in [2.05, 4.69) is 10.4 Å². The summed E-state index contributed by atoms with van der Waals surface area (Å²) >= 11 is 0. The van der Waals surface area contributed by atoms with Gasteiger partial charge in [-0.1, -0.05) is 12.8 Å². The molecule has 1 saturated carbocycles. The normalized spacial score (nSPS) is 19.5. The van der Waals surface area contributed by atoms with Crippen molar-refractivity contribution in [3.05, 3.63) is 18.0 Å². The number of hydrogen-bond acceptors (Lipinski definition) is 4. The van der Waals surface area contributed by atoms with Crippen molar-refractivity contribution in [1.29, 1.82) is 0 Å². The smallest absolute Gasteiger partial charge is 0.226 e. The lowest BCUT2D eigenvalue weighted by Gasteiger charge is -2.30. The Kier molecular flexibility index (Phi) is 5.81. The van der Waals surface area contributed by atoms with Crippen molar-refractivity contribution in [2.45, 2.75) is 51.6 Å². The summed E-state index contributed by atoms with van der Waals surface area (Å²) < 4.78 is 7.09. The van der Waals surface area contributed by atoms with Crippen molar-refractivity contribution in [2.24, 2.45) is 12.5 Å². The van der Waals surface area contributed by atoms with Crippen LogP contribution in [0.5, 0.6) is 0 Å². The molecule has 2 rings (SSSR count). The quantitative estimate of drug-likeness (QED) is 0.714. The van der Waals surface area contributed by atoms with E-state index in [0.29, 0.717) is 18.8 Å². The molecule has 1 aliphatic rings. The van der Waals surface area contributed by atoms with Crippen LogP contribution < -0.4 is 5.32 Å². The van der Waals surface area contributed by atoms with Crippen LogP contribution in [-0.4, -0.2) is 40.6 Å². The fourth-order valence-electron chi connectivity index (χ4n) is 3.30. The van der Waals surface area contributed by atoms with Crippen LogP contribution >= 0.6 is 0 Å².